The van der Waals surface area contributed by atoms with Gasteiger partial charge in [-0.2, -0.15) is 0 Å². The molecule has 0 bridgehead atoms. The van der Waals surface area contributed by atoms with Crippen LogP contribution in [0.15, 0.2) is 65.6 Å². The van der Waals surface area contributed by atoms with Gasteiger partial charge >= 0.3 is 0 Å². The maximum atomic E-state index is 12.5. The molecular formula is C22H21ClN2O6S. The fourth-order valence-corrected chi connectivity index (χ4v) is 3.76. The predicted molar refractivity (Wildman–Crippen MR) is 121 cm³/mol. The van der Waals surface area contributed by atoms with Gasteiger partial charge in [0, 0.05) is 27.9 Å². The summed E-state index contributed by atoms with van der Waals surface area (Å²) in [5, 5.41) is 8.43. The maximum Gasteiger partial charge on any atom is 0.255 e. The summed E-state index contributed by atoms with van der Waals surface area (Å²) in [7, 11) is -1.05. The number of hydrogen-bond acceptors (Lipinski definition) is 6. The van der Waals surface area contributed by atoms with Crippen molar-refractivity contribution < 1.29 is 27.4 Å². The van der Waals surface area contributed by atoms with Crippen LogP contribution in [0, 0.1) is 0 Å². The number of sulfonamides is 1. The van der Waals surface area contributed by atoms with Gasteiger partial charge < -0.3 is 19.5 Å². The zero-order chi connectivity index (χ0) is 23.3. The fraction of sp³-hybridized carbons (Fsp3) is 0.136. The highest BCUT2D eigenvalue weighted by atomic mass is 35.5. The third kappa shape index (κ3) is 5.70. The quantitative estimate of drug-likeness (QED) is 0.510. The normalized spacial score (nSPS) is 11.0. The van der Waals surface area contributed by atoms with E-state index in [1.54, 1.807) is 36.4 Å². The molecule has 0 heterocycles. The van der Waals surface area contributed by atoms with Crippen LogP contribution in [0.5, 0.6) is 17.2 Å². The minimum Gasteiger partial charge on any atom is -0.497 e. The first-order chi connectivity index (χ1) is 15.2. The summed E-state index contributed by atoms with van der Waals surface area (Å²) >= 11 is 5.93. The summed E-state index contributed by atoms with van der Waals surface area (Å²) < 4.78 is 40.4. The molecule has 0 atom stereocenters. The van der Waals surface area contributed by atoms with Crippen LogP contribution in [-0.2, 0) is 16.6 Å². The Morgan fingerprint density at radius 2 is 1.78 bits per heavy atom. The second kappa shape index (κ2) is 9.90. The number of hydrogen-bond donors (Lipinski definition) is 2. The van der Waals surface area contributed by atoms with E-state index >= 15 is 0 Å². The Balaban J connectivity index is 1.89. The predicted octanol–water partition coefficient (Wildman–Crippen LogP) is 3.84. The number of benzene rings is 3. The van der Waals surface area contributed by atoms with Gasteiger partial charge in [0.1, 0.15) is 28.8 Å². The number of amides is 1. The van der Waals surface area contributed by atoms with Gasteiger partial charge in [-0.25, -0.2) is 13.6 Å². The molecule has 8 nitrogen and oxygen atoms in total. The minimum absolute atomic E-state index is 0.0266. The molecule has 32 heavy (non-hydrogen) atoms. The molecule has 0 aliphatic rings. The van der Waals surface area contributed by atoms with E-state index in [1.807, 2.05) is 0 Å². The molecule has 3 N–H and O–H groups in total. The lowest BCUT2D eigenvalue weighted by Gasteiger charge is -2.15. The molecule has 0 aliphatic carbocycles. The zero-order valence-corrected chi connectivity index (χ0v) is 18.9. The largest absolute Gasteiger partial charge is 0.497 e. The van der Waals surface area contributed by atoms with Crippen LogP contribution >= 0.6 is 11.6 Å². The number of primary sulfonamides is 1. The highest BCUT2D eigenvalue weighted by Gasteiger charge is 2.18. The Morgan fingerprint density at radius 3 is 2.44 bits per heavy atom. The monoisotopic (exact) mass is 476 g/mol. The molecular weight excluding hydrogens is 456 g/mol. The molecule has 3 aromatic carbocycles. The smallest absolute Gasteiger partial charge is 0.255 e. The third-order valence-corrected chi connectivity index (χ3v) is 5.65. The van der Waals surface area contributed by atoms with Gasteiger partial charge in [0.05, 0.1) is 14.2 Å². The molecule has 0 aromatic heterocycles. The van der Waals surface area contributed by atoms with Crippen LogP contribution in [0.3, 0.4) is 0 Å². The first-order valence-corrected chi connectivity index (χ1v) is 11.2. The van der Waals surface area contributed by atoms with Crippen LogP contribution < -0.4 is 24.7 Å². The Morgan fingerprint density at radius 1 is 1.00 bits per heavy atom. The maximum absolute atomic E-state index is 12.5. The summed E-state index contributed by atoms with van der Waals surface area (Å²) in [5.41, 5.74) is 1.28. The van der Waals surface area contributed by atoms with Crippen molar-refractivity contribution in [2.45, 2.75) is 11.5 Å². The van der Waals surface area contributed by atoms with E-state index < -0.39 is 15.9 Å². The number of nitrogens with two attached hydrogens (primary N) is 1. The first kappa shape index (κ1) is 23.4. The molecule has 0 unspecified atom stereocenters. The molecule has 168 valence electrons. The van der Waals surface area contributed by atoms with E-state index in [-0.39, 0.29) is 17.3 Å². The van der Waals surface area contributed by atoms with Gasteiger partial charge in [0.25, 0.3) is 5.91 Å². The molecule has 3 rings (SSSR count). The summed E-state index contributed by atoms with van der Waals surface area (Å²) in [6.07, 6.45) is 0. The van der Waals surface area contributed by atoms with E-state index in [0.717, 1.165) is 0 Å². The summed E-state index contributed by atoms with van der Waals surface area (Å²) in [6.45, 7) is -0.0331. The molecule has 0 fully saturated rings. The molecule has 0 radical (unpaired) electrons. The second-order valence-corrected chi connectivity index (χ2v) is 8.60. The van der Waals surface area contributed by atoms with Crippen LogP contribution in [0.1, 0.15) is 15.9 Å². The molecule has 0 saturated carbocycles. The van der Waals surface area contributed by atoms with E-state index in [4.69, 9.17) is 31.0 Å². The number of carbonyl (C=O) groups is 1. The van der Waals surface area contributed by atoms with Crippen molar-refractivity contribution in [3.8, 4) is 17.2 Å². The number of methoxy groups -OCH3 is 2. The molecule has 10 heteroatoms. The standard InChI is InChI=1S/C22H21ClN2O6S/c1-29-18-7-8-19(30-2)15(11-18)13-31-20-12-17(6-9-21(20)32(24,27)28)25-22(26)14-4-3-5-16(23)10-14/h3-12H,13H2,1-2H3,(H,25,26)(H2,24,27,28). The lowest BCUT2D eigenvalue weighted by Crippen LogP contribution is -2.15. The summed E-state index contributed by atoms with van der Waals surface area (Å²) in [6, 6.07) is 15.6. The first-order valence-electron chi connectivity index (χ1n) is 9.28. The molecule has 3 aromatic rings. The van der Waals surface area contributed by atoms with E-state index in [0.29, 0.717) is 33.3 Å². The van der Waals surface area contributed by atoms with Gasteiger partial charge in [0.15, 0.2) is 0 Å². The Hall–Kier alpha value is -3.27. The van der Waals surface area contributed by atoms with Crippen molar-refractivity contribution in [3.63, 3.8) is 0 Å². The summed E-state index contributed by atoms with van der Waals surface area (Å²) in [5.74, 6) is 0.671. The van der Waals surface area contributed by atoms with Crippen LogP contribution in [0.4, 0.5) is 5.69 Å². The number of carbonyl (C=O) groups excluding carboxylic acids is 1. The second-order valence-electron chi connectivity index (χ2n) is 6.64. The van der Waals surface area contributed by atoms with Crippen molar-refractivity contribution in [2.75, 3.05) is 19.5 Å². The molecule has 1 amide bonds. The van der Waals surface area contributed by atoms with Crippen molar-refractivity contribution in [1.82, 2.24) is 0 Å². The number of halogens is 1. The van der Waals surface area contributed by atoms with Crippen LogP contribution in [-0.4, -0.2) is 28.5 Å². The van der Waals surface area contributed by atoms with Crippen LogP contribution in [0.25, 0.3) is 0 Å². The highest BCUT2D eigenvalue weighted by molar-refractivity contribution is 7.89. The van der Waals surface area contributed by atoms with Gasteiger partial charge in [-0.1, -0.05) is 17.7 Å². The lowest BCUT2D eigenvalue weighted by molar-refractivity contribution is 0.102. The average Bonchev–Trinajstić information content (AvgIpc) is 2.76. The Labute approximate surface area is 190 Å². The molecule has 0 saturated heterocycles. The van der Waals surface area contributed by atoms with Gasteiger partial charge in [-0.15, -0.1) is 0 Å². The minimum atomic E-state index is -4.08. The van der Waals surface area contributed by atoms with Gasteiger partial charge in [-0.05, 0) is 48.5 Å². The number of nitrogens with one attached hydrogen (secondary N) is 1. The van der Waals surface area contributed by atoms with E-state index in [2.05, 4.69) is 5.32 Å². The van der Waals surface area contributed by atoms with Crippen molar-refractivity contribution in [3.05, 3.63) is 76.8 Å². The number of ether oxygens (including phenoxy) is 3. The third-order valence-electron chi connectivity index (χ3n) is 4.47. The van der Waals surface area contributed by atoms with E-state index in [1.165, 1.54) is 38.5 Å². The number of anilines is 1. The topological polar surface area (TPSA) is 117 Å². The van der Waals surface area contributed by atoms with Gasteiger partial charge in [-0.3, -0.25) is 4.79 Å². The molecule has 0 aliphatic heterocycles. The fourth-order valence-electron chi connectivity index (χ4n) is 2.92. The highest BCUT2D eigenvalue weighted by Crippen LogP contribution is 2.30. The van der Waals surface area contributed by atoms with E-state index in [9.17, 15) is 13.2 Å². The van der Waals surface area contributed by atoms with Crippen molar-refractivity contribution in [2.24, 2.45) is 5.14 Å². The average molecular weight is 477 g/mol. The van der Waals surface area contributed by atoms with Gasteiger partial charge in [0.2, 0.25) is 10.0 Å². The Bertz CT molecular complexity index is 1250. The van der Waals surface area contributed by atoms with Crippen molar-refractivity contribution >= 4 is 33.2 Å². The number of rotatable bonds is 8. The Kier molecular flexibility index (Phi) is 7.24. The van der Waals surface area contributed by atoms with Crippen molar-refractivity contribution in [1.29, 1.82) is 0 Å². The zero-order valence-electron chi connectivity index (χ0n) is 17.3. The van der Waals surface area contributed by atoms with Crippen LogP contribution in [0.2, 0.25) is 5.02 Å². The lowest BCUT2D eigenvalue weighted by atomic mass is 10.2. The SMILES string of the molecule is COc1ccc(OC)c(COc2cc(NC(=O)c3cccc(Cl)c3)ccc2S(N)(=O)=O)c1. The molecule has 0 spiro atoms. The summed E-state index contributed by atoms with van der Waals surface area (Å²) in [4.78, 5) is 12.3.